The number of carbonyl (C=O) groups is 1. The van der Waals surface area contributed by atoms with Gasteiger partial charge < -0.3 is 20.4 Å². The molecule has 3 aromatic rings. The van der Waals surface area contributed by atoms with E-state index in [9.17, 15) is 10.1 Å². The average Bonchev–Trinajstić information content (AvgIpc) is 3.32. The number of aromatic amines is 1. The van der Waals surface area contributed by atoms with Crippen LogP contribution in [0.25, 0.3) is 10.9 Å². The van der Waals surface area contributed by atoms with Gasteiger partial charge in [-0.05, 0) is 73.9 Å². The second-order valence-corrected chi connectivity index (χ2v) is 9.26. The maximum atomic E-state index is 11.6. The van der Waals surface area contributed by atoms with E-state index in [1.165, 1.54) is 5.56 Å². The monoisotopic (exact) mass is 482 g/mol. The van der Waals surface area contributed by atoms with Gasteiger partial charge in [0, 0.05) is 55.5 Å². The van der Waals surface area contributed by atoms with Gasteiger partial charge in [0.1, 0.15) is 11.3 Å². The van der Waals surface area contributed by atoms with Crippen molar-refractivity contribution in [1.29, 1.82) is 5.26 Å². The van der Waals surface area contributed by atoms with Crippen LogP contribution >= 0.6 is 0 Å². The summed E-state index contributed by atoms with van der Waals surface area (Å²) in [7, 11) is 0. The molecule has 1 saturated heterocycles. The number of nitrogens with two attached hydrogens (primary N) is 1. The molecule has 1 amide bonds. The van der Waals surface area contributed by atoms with Crippen LogP contribution in [0, 0.1) is 11.3 Å². The number of amides is 1. The van der Waals surface area contributed by atoms with E-state index in [-0.39, 0.29) is 11.4 Å². The minimum absolute atomic E-state index is 0.242. The van der Waals surface area contributed by atoms with Gasteiger partial charge >= 0.3 is 0 Å². The van der Waals surface area contributed by atoms with Crippen molar-refractivity contribution >= 4 is 16.8 Å². The molecule has 3 heterocycles. The lowest BCUT2D eigenvalue weighted by Gasteiger charge is -2.38. The summed E-state index contributed by atoms with van der Waals surface area (Å²) in [4.78, 5) is 24.1. The number of allylic oxidation sites excluding steroid dienone is 1. The van der Waals surface area contributed by atoms with E-state index < -0.39 is 5.91 Å². The highest BCUT2D eigenvalue weighted by molar-refractivity contribution is 5.95. The number of pyridine rings is 1. The zero-order chi connectivity index (χ0) is 24.9. The van der Waals surface area contributed by atoms with Crippen molar-refractivity contribution in [2.45, 2.75) is 25.3 Å². The van der Waals surface area contributed by atoms with Crippen molar-refractivity contribution in [3.05, 3.63) is 83.4 Å². The highest BCUT2D eigenvalue weighted by Gasteiger charge is 2.23. The van der Waals surface area contributed by atoms with Gasteiger partial charge in [0.15, 0.2) is 0 Å². The molecule has 2 aliphatic rings. The molecule has 0 saturated carbocycles. The third-order valence-corrected chi connectivity index (χ3v) is 6.99. The van der Waals surface area contributed by atoms with Gasteiger partial charge in [-0.15, -0.1) is 0 Å². The fraction of sp³-hybridized carbons (Fsp3) is 0.321. The topological polar surface area (TPSA) is 111 Å². The Labute approximate surface area is 210 Å². The molecule has 8 nitrogen and oxygen atoms in total. The van der Waals surface area contributed by atoms with Crippen LogP contribution in [0.5, 0.6) is 5.88 Å². The van der Waals surface area contributed by atoms with Crippen molar-refractivity contribution in [3.63, 3.8) is 0 Å². The van der Waals surface area contributed by atoms with Crippen molar-refractivity contribution in [2.24, 2.45) is 5.73 Å². The Hall–Kier alpha value is -3.93. The van der Waals surface area contributed by atoms with E-state index >= 15 is 0 Å². The van der Waals surface area contributed by atoms with Crippen molar-refractivity contribution in [2.75, 3.05) is 32.7 Å². The lowest BCUT2D eigenvalue weighted by molar-refractivity contribution is 0.0997. The van der Waals surface area contributed by atoms with Gasteiger partial charge in [0.2, 0.25) is 5.88 Å². The standard InChI is InChI=1S/C28H30N6O2/c29-18-20-5-10-26-25(17-20)21(19-32-26)3-2-12-33-13-15-34(16-14-33)22-6-8-23(9-7-22)36-28-24(27(30)35)4-1-11-31-28/h1,4-6,8-11,17,19,22,32H,2-3,7,12-16H2,(H2,30,35). The molecule has 0 spiro atoms. The molecular formula is C28H30N6O2. The number of aryl methyl sites for hydroxylation is 1. The number of piperazine rings is 1. The zero-order valence-electron chi connectivity index (χ0n) is 20.2. The lowest BCUT2D eigenvalue weighted by atomic mass is 10.0. The van der Waals surface area contributed by atoms with Crippen molar-refractivity contribution in [3.8, 4) is 11.9 Å². The smallest absolute Gasteiger partial charge is 0.254 e. The van der Waals surface area contributed by atoms with E-state index in [4.69, 9.17) is 10.5 Å². The molecule has 3 N–H and O–H groups in total. The van der Waals surface area contributed by atoms with E-state index in [1.807, 2.05) is 24.3 Å². The van der Waals surface area contributed by atoms with Crippen LogP contribution in [-0.4, -0.2) is 64.4 Å². The lowest BCUT2D eigenvalue weighted by Crippen LogP contribution is -2.50. The van der Waals surface area contributed by atoms with Crippen LogP contribution in [0.4, 0.5) is 0 Å². The fourth-order valence-electron chi connectivity index (χ4n) is 4.97. The molecule has 0 radical (unpaired) electrons. The van der Waals surface area contributed by atoms with Gasteiger partial charge in [0.25, 0.3) is 5.91 Å². The Bertz CT molecular complexity index is 1340. The minimum atomic E-state index is -0.552. The number of benzene rings is 1. The Morgan fingerprint density at radius 1 is 1.25 bits per heavy atom. The predicted octanol–water partition coefficient (Wildman–Crippen LogP) is 3.38. The van der Waals surface area contributed by atoms with E-state index in [2.05, 4.69) is 44.2 Å². The Kier molecular flexibility index (Phi) is 7.12. The van der Waals surface area contributed by atoms with Crippen LogP contribution in [-0.2, 0) is 6.42 Å². The molecule has 1 unspecified atom stereocenters. The SMILES string of the molecule is N#Cc1ccc2[nH]cc(CCCN3CCN(C4C=CC(Oc5ncccc5C(N)=O)=CC4)CC3)c2c1. The summed E-state index contributed by atoms with van der Waals surface area (Å²) in [5.41, 5.74) is 8.78. The van der Waals surface area contributed by atoms with E-state index in [0.29, 0.717) is 17.4 Å². The Balaban J connectivity index is 1.07. The van der Waals surface area contributed by atoms with Gasteiger partial charge in [-0.1, -0.05) is 6.08 Å². The van der Waals surface area contributed by atoms with Crippen molar-refractivity contribution < 1.29 is 9.53 Å². The summed E-state index contributed by atoms with van der Waals surface area (Å²) in [6.07, 6.45) is 12.8. The van der Waals surface area contributed by atoms with Crippen LogP contribution < -0.4 is 10.5 Å². The van der Waals surface area contributed by atoms with Crippen LogP contribution in [0.2, 0.25) is 0 Å². The number of fused-ring (bicyclic) bond motifs is 1. The largest absolute Gasteiger partial charge is 0.439 e. The van der Waals surface area contributed by atoms with Gasteiger partial charge in [-0.3, -0.25) is 9.69 Å². The second kappa shape index (κ2) is 10.8. The van der Waals surface area contributed by atoms with Crippen LogP contribution in [0.1, 0.15) is 34.3 Å². The molecule has 1 aliphatic heterocycles. The summed E-state index contributed by atoms with van der Waals surface area (Å²) < 4.78 is 5.83. The number of primary amides is 1. The zero-order valence-corrected chi connectivity index (χ0v) is 20.2. The number of H-pyrrole nitrogens is 1. The third kappa shape index (κ3) is 5.33. The minimum Gasteiger partial charge on any atom is -0.439 e. The number of rotatable bonds is 8. The summed E-state index contributed by atoms with van der Waals surface area (Å²) >= 11 is 0. The quantitative estimate of drug-likeness (QED) is 0.509. The Morgan fingerprint density at radius 3 is 2.86 bits per heavy atom. The van der Waals surface area contributed by atoms with Crippen LogP contribution in [0.15, 0.2) is 66.7 Å². The molecule has 184 valence electrons. The number of hydrogen-bond donors (Lipinski definition) is 2. The molecule has 1 fully saturated rings. The van der Waals surface area contributed by atoms with Gasteiger partial charge in [-0.25, -0.2) is 4.98 Å². The number of aromatic nitrogens is 2. The molecular weight excluding hydrogens is 452 g/mol. The first-order chi connectivity index (χ1) is 17.6. The third-order valence-electron chi connectivity index (χ3n) is 6.99. The van der Waals surface area contributed by atoms with Crippen LogP contribution in [0.3, 0.4) is 0 Å². The highest BCUT2D eigenvalue weighted by atomic mass is 16.5. The average molecular weight is 483 g/mol. The number of nitrogens with one attached hydrogen (secondary N) is 1. The summed E-state index contributed by atoms with van der Waals surface area (Å²) in [6.45, 7) is 5.25. The predicted molar refractivity (Wildman–Crippen MR) is 138 cm³/mol. The summed E-state index contributed by atoms with van der Waals surface area (Å²) in [5.74, 6) is 0.375. The van der Waals surface area contributed by atoms with E-state index in [1.54, 1.807) is 18.3 Å². The second-order valence-electron chi connectivity index (χ2n) is 9.26. The molecule has 36 heavy (non-hydrogen) atoms. The normalized spacial score (nSPS) is 18.6. The first kappa shape index (κ1) is 23.8. The first-order valence-corrected chi connectivity index (χ1v) is 12.4. The first-order valence-electron chi connectivity index (χ1n) is 12.4. The van der Waals surface area contributed by atoms with Crippen molar-refractivity contribution in [1.82, 2.24) is 19.8 Å². The molecule has 0 bridgehead atoms. The summed E-state index contributed by atoms with van der Waals surface area (Å²) in [5, 5.41) is 10.3. The fourth-order valence-corrected chi connectivity index (χ4v) is 4.97. The Morgan fingerprint density at radius 2 is 2.11 bits per heavy atom. The number of nitrogens with zero attached hydrogens (tertiary/aromatic N) is 4. The number of ether oxygens (including phenoxy) is 1. The van der Waals surface area contributed by atoms with E-state index in [0.717, 1.165) is 62.9 Å². The maximum Gasteiger partial charge on any atom is 0.254 e. The molecule has 1 aromatic carbocycles. The molecule has 1 atom stereocenters. The summed E-state index contributed by atoms with van der Waals surface area (Å²) in [6, 6.07) is 11.7. The molecule has 2 aromatic heterocycles. The van der Waals surface area contributed by atoms with Gasteiger partial charge in [0.05, 0.1) is 11.6 Å². The number of carbonyl (C=O) groups excluding carboxylic acids is 1. The highest BCUT2D eigenvalue weighted by Crippen LogP contribution is 2.23. The maximum absolute atomic E-state index is 11.6. The van der Waals surface area contributed by atoms with Gasteiger partial charge in [-0.2, -0.15) is 5.26 Å². The molecule has 8 heteroatoms. The molecule has 1 aliphatic carbocycles. The number of hydrogen-bond acceptors (Lipinski definition) is 6. The molecule has 5 rings (SSSR count). The number of nitriles is 1.